The number of carbonyl (C=O) groups excluding carboxylic acids is 1. The van der Waals surface area contributed by atoms with E-state index in [1.54, 1.807) is 0 Å². The zero-order chi connectivity index (χ0) is 16.5. The number of para-hydroxylation sites is 1. The molecule has 1 fully saturated rings. The molecule has 0 N–H and O–H groups in total. The van der Waals surface area contributed by atoms with Crippen molar-refractivity contribution in [3.63, 3.8) is 0 Å². The van der Waals surface area contributed by atoms with Gasteiger partial charge in [-0.2, -0.15) is 0 Å². The molecule has 1 saturated carbocycles. The second-order valence-corrected chi connectivity index (χ2v) is 7.05. The molecule has 1 aromatic heterocycles. The van der Waals surface area contributed by atoms with Gasteiger partial charge in [0.1, 0.15) is 5.78 Å². The predicted octanol–water partition coefficient (Wildman–Crippen LogP) is 5.22. The van der Waals surface area contributed by atoms with Gasteiger partial charge in [-0.3, -0.25) is 4.79 Å². The number of ketones is 1. The SMILES string of the molecule is Cc1ccc(Cn2cc(C3CCCC(=O)C3)c3ccccc32)cc1. The summed E-state index contributed by atoms with van der Waals surface area (Å²) in [5.74, 6) is 0.803. The monoisotopic (exact) mass is 317 g/mol. The second-order valence-electron chi connectivity index (χ2n) is 7.05. The molecular formula is C22H23NO. The maximum Gasteiger partial charge on any atom is 0.133 e. The van der Waals surface area contributed by atoms with Gasteiger partial charge in [-0.25, -0.2) is 0 Å². The molecule has 1 heterocycles. The first-order chi connectivity index (χ1) is 11.7. The minimum absolute atomic E-state index is 0.385. The average molecular weight is 317 g/mol. The lowest BCUT2D eigenvalue weighted by atomic mass is 9.83. The number of aryl methyl sites for hydroxylation is 1. The van der Waals surface area contributed by atoms with Gasteiger partial charge in [-0.05, 0) is 42.9 Å². The Morgan fingerprint density at radius 1 is 1.08 bits per heavy atom. The normalized spacial score (nSPS) is 18.2. The van der Waals surface area contributed by atoms with Gasteiger partial charge in [0.05, 0.1) is 0 Å². The van der Waals surface area contributed by atoms with Crippen LogP contribution in [0.25, 0.3) is 10.9 Å². The number of benzene rings is 2. The number of carbonyl (C=O) groups is 1. The first-order valence-electron chi connectivity index (χ1n) is 8.86. The molecule has 0 bridgehead atoms. The van der Waals surface area contributed by atoms with Gasteiger partial charge in [-0.15, -0.1) is 0 Å². The summed E-state index contributed by atoms with van der Waals surface area (Å²) in [6.45, 7) is 2.99. The molecular weight excluding hydrogens is 294 g/mol. The van der Waals surface area contributed by atoms with Crippen LogP contribution in [0.3, 0.4) is 0 Å². The Kier molecular flexibility index (Phi) is 3.97. The predicted molar refractivity (Wildman–Crippen MR) is 98.4 cm³/mol. The van der Waals surface area contributed by atoms with Crippen molar-refractivity contribution in [1.82, 2.24) is 4.57 Å². The number of hydrogen-bond donors (Lipinski definition) is 0. The molecule has 0 saturated heterocycles. The standard InChI is InChI=1S/C22H23NO/c1-16-9-11-17(12-10-16)14-23-15-21(18-5-4-6-19(24)13-18)20-7-2-3-8-22(20)23/h2-3,7-12,15,18H,4-6,13-14H2,1H3. The van der Waals surface area contributed by atoms with Crippen LogP contribution in [0.15, 0.2) is 54.7 Å². The molecule has 0 aliphatic heterocycles. The molecule has 2 aromatic carbocycles. The number of hydrogen-bond acceptors (Lipinski definition) is 1. The van der Waals surface area contributed by atoms with Crippen LogP contribution in [0, 0.1) is 6.92 Å². The summed E-state index contributed by atoms with van der Waals surface area (Å²) in [6, 6.07) is 17.3. The van der Waals surface area contributed by atoms with Gasteiger partial charge >= 0.3 is 0 Å². The average Bonchev–Trinajstić information content (AvgIpc) is 2.96. The van der Waals surface area contributed by atoms with Gasteiger partial charge in [0.2, 0.25) is 0 Å². The number of fused-ring (bicyclic) bond motifs is 1. The van der Waals surface area contributed by atoms with Gasteiger partial charge in [0.25, 0.3) is 0 Å². The highest BCUT2D eigenvalue weighted by atomic mass is 16.1. The summed E-state index contributed by atoms with van der Waals surface area (Å²) in [5.41, 5.74) is 5.22. The van der Waals surface area contributed by atoms with Crippen LogP contribution in [0.4, 0.5) is 0 Å². The molecule has 122 valence electrons. The van der Waals surface area contributed by atoms with Crippen molar-refractivity contribution in [3.05, 3.63) is 71.4 Å². The Labute approximate surface area is 143 Å². The van der Waals surface area contributed by atoms with Crippen molar-refractivity contribution in [1.29, 1.82) is 0 Å². The molecule has 1 unspecified atom stereocenters. The van der Waals surface area contributed by atoms with Crippen LogP contribution in [0.1, 0.15) is 48.3 Å². The Hall–Kier alpha value is -2.35. The molecule has 1 aliphatic carbocycles. The molecule has 1 aliphatic rings. The smallest absolute Gasteiger partial charge is 0.133 e. The highest BCUT2D eigenvalue weighted by molar-refractivity contribution is 5.86. The lowest BCUT2D eigenvalue weighted by Gasteiger charge is -2.20. The third-order valence-corrected chi connectivity index (χ3v) is 5.22. The number of Topliss-reactive ketones (excluding diaryl/α,β-unsaturated/α-hetero) is 1. The fraction of sp³-hybridized carbons (Fsp3) is 0.318. The Morgan fingerprint density at radius 3 is 2.67 bits per heavy atom. The molecule has 4 rings (SSSR count). The van der Waals surface area contributed by atoms with E-state index in [9.17, 15) is 4.79 Å². The lowest BCUT2D eigenvalue weighted by Crippen LogP contribution is -2.13. The summed E-state index contributed by atoms with van der Waals surface area (Å²) in [5, 5.41) is 1.31. The van der Waals surface area contributed by atoms with Crippen molar-refractivity contribution in [2.24, 2.45) is 0 Å². The van der Waals surface area contributed by atoms with Gasteiger partial charge in [-0.1, -0.05) is 48.0 Å². The van der Waals surface area contributed by atoms with Gasteiger partial charge < -0.3 is 4.57 Å². The summed E-state index contributed by atoms with van der Waals surface area (Å²) in [4.78, 5) is 11.9. The van der Waals surface area contributed by atoms with Gasteiger partial charge in [0, 0.05) is 36.5 Å². The van der Waals surface area contributed by atoms with E-state index >= 15 is 0 Å². The van der Waals surface area contributed by atoms with Crippen molar-refractivity contribution in [3.8, 4) is 0 Å². The van der Waals surface area contributed by atoms with Crippen LogP contribution in [0.5, 0.6) is 0 Å². The summed E-state index contributed by atoms with van der Waals surface area (Å²) < 4.78 is 2.34. The van der Waals surface area contributed by atoms with Crippen molar-refractivity contribution in [2.75, 3.05) is 0 Å². The molecule has 24 heavy (non-hydrogen) atoms. The highest BCUT2D eigenvalue weighted by Crippen LogP contribution is 2.36. The summed E-state index contributed by atoms with van der Waals surface area (Å²) in [7, 11) is 0. The fourth-order valence-electron chi connectivity index (χ4n) is 3.91. The van der Waals surface area contributed by atoms with E-state index in [0.717, 1.165) is 25.8 Å². The van der Waals surface area contributed by atoms with E-state index in [1.165, 1.54) is 27.6 Å². The van der Waals surface area contributed by atoms with Crippen LogP contribution in [0.2, 0.25) is 0 Å². The zero-order valence-corrected chi connectivity index (χ0v) is 14.2. The Balaban J connectivity index is 1.73. The first-order valence-corrected chi connectivity index (χ1v) is 8.86. The zero-order valence-electron chi connectivity index (χ0n) is 14.2. The van der Waals surface area contributed by atoms with E-state index in [-0.39, 0.29) is 0 Å². The maximum atomic E-state index is 11.9. The van der Waals surface area contributed by atoms with Crippen molar-refractivity contribution in [2.45, 2.75) is 45.1 Å². The fourth-order valence-corrected chi connectivity index (χ4v) is 3.91. The van der Waals surface area contributed by atoms with Crippen LogP contribution in [-0.4, -0.2) is 10.4 Å². The summed E-state index contributed by atoms with van der Waals surface area (Å²) >= 11 is 0. The Morgan fingerprint density at radius 2 is 1.88 bits per heavy atom. The quantitative estimate of drug-likeness (QED) is 0.648. The van der Waals surface area contributed by atoms with Crippen LogP contribution < -0.4 is 0 Å². The van der Waals surface area contributed by atoms with Crippen LogP contribution in [-0.2, 0) is 11.3 Å². The molecule has 1 atom stereocenters. The minimum atomic E-state index is 0.385. The number of rotatable bonds is 3. The third kappa shape index (κ3) is 2.89. The van der Waals surface area contributed by atoms with Crippen molar-refractivity contribution >= 4 is 16.7 Å². The van der Waals surface area contributed by atoms with E-state index in [1.807, 2.05) is 0 Å². The first kappa shape index (κ1) is 15.2. The maximum absolute atomic E-state index is 11.9. The topological polar surface area (TPSA) is 22.0 Å². The molecule has 2 nitrogen and oxygen atoms in total. The molecule has 0 radical (unpaired) electrons. The largest absolute Gasteiger partial charge is 0.343 e. The lowest BCUT2D eigenvalue weighted by molar-refractivity contribution is -0.120. The molecule has 3 aromatic rings. The van der Waals surface area contributed by atoms with Gasteiger partial charge in [0.15, 0.2) is 0 Å². The summed E-state index contributed by atoms with van der Waals surface area (Å²) in [6.07, 6.45) is 5.91. The number of aromatic nitrogens is 1. The minimum Gasteiger partial charge on any atom is -0.343 e. The van der Waals surface area contributed by atoms with Crippen molar-refractivity contribution < 1.29 is 4.79 Å². The number of nitrogens with zero attached hydrogens (tertiary/aromatic N) is 1. The highest BCUT2D eigenvalue weighted by Gasteiger charge is 2.24. The van der Waals surface area contributed by atoms with E-state index < -0.39 is 0 Å². The second kappa shape index (κ2) is 6.27. The van der Waals surface area contributed by atoms with Crippen LogP contribution >= 0.6 is 0 Å². The Bertz CT molecular complexity index is 873. The molecule has 0 amide bonds. The van der Waals surface area contributed by atoms with E-state index in [0.29, 0.717) is 18.1 Å². The third-order valence-electron chi connectivity index (χ3n) is 5.22. The van der Waals surface area contributed by atoms with E-state index in [2.05, 4.69) is 66.2 Å². The molecule has 2 heteroatoms. The van der Waals surface area contributed by atoms with E-state index in [4.69, 9.17) is 0 Å². The molecule has 0 spiro atoms.